The van der Waals surface area contributed by atoms with Gasteiger partial charge in [0.15, 0.2) is 0 Å². The van der Waals surface area contributed by atoms with E-state index in [2.05, 4.69) is 5.32 Å². The lowest BCUT2D eigenvalue weighted by Gasteiger charge is -2.25. The number of amides is 1. The highest BCUT2D eigenvalue weighted by molar-refractivity contribution is 7.92. The summed E-state index contributed by atoms with van der Waals surface area (Å²) >= 11 is 0. The highest BCUT2D eigenvalue weighted by Gasteiger charge is 2.28. The van der Waals surface area contributed by atoms with Crippen LogP contribution >= 0.6 is 0 Å². The molecule has 0 aliphatic rings. The first kappa shape index (κ1) is 25.0. The SMILES string of the molecule is CCOc1ccc(N(CC(=O)NC(C)c2ccc(OC)cc2)S(=O)(=O)c2ccc(F)cc2)cc1. The summed E-state index contributed by atoms with van der Waals surface area (Å²) in [6, 6.07) is 17.7. The van der Waals surface area contributed by atoms with Crippen LogP contribution in [0.4, 0.5) is 10.1 Å². The van der Waals surface area contributed by atoms with Gasteiger partial charge >= 0.3 is 0 Å². The minimum Gasteiger partial charge on any atom is -0.497 e. The van der Waals surface area contributed by atoms with Gasteiger partial charge in [0.25, 0.3) is 10.0 Å². The summed E-state index contributed by atoms with van der Waals surface area (Å²) in [5.74, 6) is 0.206. The Kier molecular flexibility index (Phi) is 8.12. The lowest BCUT2D eigenvalue weighted by atomic mass is 10.1. The van der Waals surface area contributed by atoms with Crippen molar-refractivity contribution in [1.82, 2.24) is 5.32 Å². The molecule has 0 saturated carbocycles. The monoisotopic (exact) mass is 486 g/mol. The number of benzene rings is 3. The molecule has 0 aromatic heterocycles. The number of hydrogen-bond acceptors (Lipinski definition) is 5. The van der Waals surface area contributed by atoms with Gasteiger partial charge in [0, 0.05) is 0 Å². The number of halogens is 1. The summed E-state index contributed by atoms with van der Waals surface area (Å²) in [7, 11) is -2.59. The van der Waals surface area contributed by atoms with Crippen LogP contribution in [0.25, 0.3) is 0 Å². The fraction of sp³-hybridized carbons (Fsp3) is 0.240. The minimum atomic E-state index is -4.15. The van der Waals surface area contributed by atoms with Crippen LogP contribution in [-0.4, -0.2) is 34.6 Å². The lowest BCUT2D eigenvalue weighted by Crippen LogP contribution is -2.41. The quantitative estimate of drug-likeness (QED) is 0.462. The van der Waals surface area contributed by atoms with E-state index < -0.39 is 28.3 Å². The topological polar surface area (TPSA) is 84.9 Å². The fourth-order valence-corrected chi connectivity index (χ4v) is 4.74. The zero-order chi connectivity index (χ0) is 24.7. The largest absolute Gasteiger partial charge is 0.497 e. The third-order valence-electron chi connectivity index (χ3n) is 5.12. The first-order chi connectivity index (χ1) is 16.2. The highest BCUT2D eigenvalue weighted by atomic mass is 32.2. The van der Waals surface area contributed by atoms with Crippen molar-refractivity contribution >= 4 is 21.6 Å². The summed E-state index contributed by atoms with van der Waals surface area (Å²) in [4.78, 5) is 12.8. The third-order valence-corrected chi connectivity index (χ3v) is 6.91. The Bertz CT molecular complexity index is 1200. The Morgan fingerprint density at radius 2 is 1.56 bits per heavy atom. The molecule has 1 amide bonds. The number of anilines is 1. The van der Waals surface area contributed by atoms with Crippen molar-refractivity contribution in [2.75, 3.05) is 24.6 Å². The highest BCUT2D eigenvalue weighted by Crippen LogP contribution is 2.26. The van der Waals surface area contributed by atoms with Crippen LogP contribution in [-0.2, 0) is 14.8 Å². The first-order valence-electron chi connectivity index (χ1n) is 10.7. The molecule has 0 bridgehead atoms. The molecular weight excluding hydrogens is 459 g/mol. The molecule has 0 heterocycles. The Balaban J connectivity index is 1.86. The number of carbonyl (C=O) groups is 1. The van der Waals surface area contributed by atoms with E-state index in [0.29, 0.717) is 18.1 Å². The van der Waals surface area contributed by atoms with E-state index in [0.717, 1.165) is 22.0 Å². The van der Waals surface area contributed by atoms with E-state index >= 15 is 0 Å². The second-order valence-corrected chi connectivity index (χ2v) is 9.32. The van der Waals surface area contributed by atoms with Crippen LogP contribution in [0.15, 0.2) is 77.7 Å². The molecule has 180 valence electrons. The van der Waals surface area contributed by atoms with Gasteiger partial charge in [-0.1, -0.05) is 12.1 Å². The van der Waals surface area contributed by atoms with Gasteiger partial charge in [0.1, 0.15) is 23.9 Å². The Morgan fingerprint density at radius 1 is 0.971 bits per heavy atom. The van der Waals surface area contributed by atoms with Crippen LogP contribution < -0.4 is 19.1 Å². The molecule has 3 rings (SSSR count). The van der Waals surface area contributed by atoms with Gasteiger partial charge in [0.2, 0.25) is 5.91 Å². The van der Waals surface area contributed by atoms with E-state index in [-0.39, 0.29) is 16.6 Å². The van der Waals surface area contributed by atoms with Crippen molar-refractivity contribution < 1.29 is 27.1 Å². The number of sulfonamides is 1. The second kappa shape index (κ2) is 11.0. The summed E-state index contributed by atoms with van der Waals surface area (Å²) in [5, 5.41) is 2.83. The van der Waals surface area contributed by atoms with Gasteiger partial charge < -0.3 is 14.8 Å². The predicted molar refractivity (Wildman–Crippen MR) is 128 cm³/mol. The van der Waals surface area contributed by atoms with Crippen molar-refractivity contribution in [3.63, 3.8) is 0 Å². The van der Waals surface area contributed by atoms with Crippen LogP contribution in [0, 0.1) is 5.82 Å². The van der Waals surface area contributed by atoms with Gasteiger partial charge in [-0.3, -0.25) is 9.10 Å². The molecule has 7 nitrogen and oxygen atoms in total. The molecule has 1 N–H and O–H groups in total. The Morgan fingerprint density at radius 3 is 2.12 bits per heavy atom. The number of rotatable bonds is 10. The Labute approximate surface area is 199 Å². The maximum Gasteiger partial charge on any atom is 0.264 e. The molecule has 0 aliphatic heterocycles. The molecule has 9 heteroatoms. The molecule has 0 saturated heterocycles. The van der Waals surface area contributed by atoms with E-state index in [1.54, 1.807) is 50.4 Å². The molecule has 0 aliphatic carbocycles. The molecule has 34 heavy (non-hydrogen) atoms. The van der Waals surface area contributed by atoms with E-state index in [9.17, 15) is 17.6 Å². The molecule has 1 unspecified atom stereocenters. The standard InChI is InChI=1S/C25H27FN2O5S/c1-4-33-23-13-9-21(10-14-23)28(34(30,31)24-15-7-20(26)8-16-24)17-25(29)27-18(2)19-5-11-22(32-3)12-6-19/h5-16,18H,4,17H2,1-3H3,(H,27,29). The van der Waals surface area contributed by atoms with Crippen molar-refractivity contribution in [1.29, 1.82) is 0 Å². The van der Waals surface area contributed by atoms with Crippen molar-refractivity contribution in [3.05, 3.63) is 84.2 Å². The minimum absolute atomic E-state index is 0.126. The number of methoxy groups -OCH3 is 1. The molecule has 0 fully saturated rings. The van der Waals surface area contributed by atoms with Crippen molar-refractivity contribution in [3.8, 4) is 11.5 Å². The maximum atomic E-state index is 13.4. The number of ether oxygens (including phenoxy) is 2. The number of nitrogens with one attached hydrogen (secondary N) is 1. The van der Waals surface area contributed by atoms with Gasteiger partial charge in [-0.25, -0.2) is 12.8 Å². The average molecular weight is 487 g/mol. The van der Waals surface area contributed by atoms with E-state index in [4.69, 9.17) is 9.47 Å². The number of carbonyl (C=O) groups excluding carboxylic acids is 1. The summed E-state index contributed by atoms with van der Waals surface area (Å²) in [6.45, 7) is 3.64. The summed E-state index contributed by atoms with van der Waals surface area (Å²) in [5.41, 5.74) is 1.11. The number of nitrogens with zero attached hydrogens (tertiary/aromatic N) is 1. The van der Waals surface area contributed by atoms with E-state index in [1.807, 2.05) is 19.1 Å². The second-order valence-electron chi connectivity index (χ2n) is 7.45. The molecular formula is C25H27FN2O5S. The first-order valence-corrected chi connectivity index (χ1v) is 12.1. The smallest absolute Gasteiger partial charge is 0.264 e. The zero-order valence-corrected chi connectivity index (χ0v) is 20.0. The van der Waals surface area contributed by atoms with Crippen molar-refractivity contribution in [2.45, 2.75) is 24.8 Å². The van der Waals surface area contributed by atoms with Crippen LogP contribution in [0.1, 0.15) is 25.5 Å². The molecule has 1 atom stereocenters. The van der Waals surface area contributed by atoms with Crippen LogP contribution in [0.3, 0.4) is 0 Å². The zero-order valence-electron chi connectivity index (χ0n) is 19.2. The predicted octanol–water partition coefficient (Wildman–Crippen LogP) is 4.31. The Hall–Kier alpha value is -3.59. The van der Waals surface area contributed by atoms with Gasteiger partial charge in [0.05, 0.1) is 30.3 Å². The van der Waals surface area contributed by atoms with Crippen LogP contribution in [0.5, 0.6) is 11.5 Å². The lowest BCUT2D eigenvalue weighted by molar-refractivity contribution is -0.120. The molecule has 0 radical (unpaired) electrons. The number of hydrogen-bond donors (Lipinski definition) is 1. The fourth-order valence-electron chi connectivity index (χ4n) is 3.32. The van der Waals surface area contributed by atoms with Gasteiger partial charge in [-0.05, 0) is 80.1 Å². The average Bonchev–Trinajstić information content (AvgIpc) is 2.83. The molecule has 0 spiro atoms. The van der Waals surface area contributed by atoms with E-state index in [1.165, 1.54) is 12.1 Å². The molecule has 3 aromatic rings. The van der Waals surface area contributed by atoms with Crippen LogP contribution in [0.2, 0.25) is 0 Å². The van der Waals surface area contributed by atoms with Crippen molar-refractivity contribution in [2.24, 2.45) is 0 Å². The van der Waals surface area contributed by atoms with Gasteiger partial charge in [-0.2, -0.15) is 0 Å². The third kappa shape index (κ3) is 6.05. The van der Waals surface area contributed by atoms with Gasteiger partial charge in [-0.15, -0.1) is 0 Å². The summed E-state index contributed by atoms with van der Waals surface area (Å²) in [6.07, 6.45) is 0. The molecule has 3 aromatic carbocycles. The maximum absolute atomic E-state index is 13.4. The summed E-state index contributed by atoms with van der Waals surface area (Å²) < 4.78 is 51.7. The normalized spacial score (nSPS) is 12.0.